The molecule has 0 aliphatic heterocycles. The van der Waals surface area contributed by atoms with Crippen molar-refractivity contribution in [3.63, 3.8) is 0 Å². The van der Waals surface area contributed by atoms with Crippen LogP contribution < -0.4 is 5.73 Å². The summed E-state index contributed by atoms with van der Waals surface area (Å²) in [5.41, 5.74) is 6.62. The van der Waals surface area contributed by atoms with E-state index in [4.69, 9.17) is 17.3 Å². The van der Waals surface area contributed by atoms with Gasteiger partial charge in [-0.15, -0.1) is 0 Å². The summed E-state index contributed by atoms with van der Waals surface area (Å²) in [7, 11) is 0. The molecule has 0 aliphatic carbocycles. The van der Waals surface area contributed by atoms with Crippen LogP contribution >= 0.6 is 11.6 Å². The van der Waals surface area contributed by atoms with Gasteiger partial charge < -0.3 is 5.73 Å². The quantitative estimate of drug-likeness (QED) is 0.677. The molecule has 1 aromatic carbocycles. The van der Waals surface area contributed by atoms with E-state index in [2.05, 4.69) is 10.1 Å². The molecule has 18 heavy (non-hydrogen) atoms. The summed E-state index contributed by atoms with van der Waals surface area (Å²) in [5, 5.41) is 4.53. The fraction of sp³-hybridized carbons (Fsp3) is 0.250. The molecule has 0 aliphatic rings. The Hall–Kier alpha value is -1.88. The molecule has 5 nitrogen and oxygen atoms in total. The zero-order valence-electron chi connectivity index (χ0n) is 9.93. The van der Waals surface area contributed by atoms with Crippen molar-refractivity contribution >= 4 is 23.1 Å². The highest BCUT2D eigenvalue weighted by Crippen LogP contribution is 2.19. The molecule has 0 fully saturated rings. The van der Waals surface area contributed by atoms with E-state index in [-0.39, 0.29) is 12.2 Å². The van der Waals surface area contributed by atoms with Gasteiger partial charge in [-0.05, 0) is 25.1 Å². The summed E-state index contributed by atoms with van der Waals surface area (Å²) < 4.78 is 1.68. The smallest absolute Gasteiger partial charge is 0.172 e. The minimum atomic E-state index is -0.0909. The lowest BCUT2D eigenvalue weighted by Crippen LogP contribution is -2.12. The zero-order chi connectivity index (χ0) is 13.1. The molecule has 0 unspecified atom stereocenters. The number of nitrogen functional groups attached to an aromatic ring is 1. The van der Waals surface area contributed by atoms with Gasteiger partial charge in [0.25, 0.3) is 0 Å². The molecule has 0 bridgehead atoms. The second kappa shape index (κ2) is 5.18. The highest BCUT2D eigenvalue weighted by atomic mass is 35.5. The number of benzene rings is 1. The molecule has 2 aromatic rings. The first-order valence-corrected chi connectivity index (χ1v) is 5.94. The third-order valence-electron chi connectivity index (χ3n) is 2.63. The normalized spacial score (nSPS) is 10.6. The number of carbonyl (C=O) groups is 1. The molecule has 0 saturated heterocycles. The van der Waals surface area contributed by atoms with E-state index in [0.29, 0.717) is 28.6 Å². The molecule has 2 rings (SSSR count). The lowest BCUT2D eigenvalue weighted by Gasteiger charge is -2.05. The number of rotatable bonds is 4. The summed E-state index contributed by atoms with van der Waals surface area (Å²) in [4.78, 5) is 16.2. The van der Waals surface area contributed by atoms with Crippen LogP contribution in [0.15, 0.2) is 24.5 Å². The van der Waals surface area contributed by atoms with Crippen LogP contribution in [-0.4, -0.2) is 20.5 Å². The second-order valence-electron chi connectivity index (χ2n) is 3.82. The number of carbonyl (C=O) groups excluding carboxylic acids is 1. The molecule has 0 atom stereocenters. The van der Waals surface area contributed by atoms with Crippen molar-refractivity contribution in [1.82, 2.24) is 14.8 Å². The highest BCUT2D eigenvalue weighted by molar-refractivity contribution is 6.31. The monoisotopic (exact) mass is 264 g/mol. The average Bonchev–Trinajstić information content (AvgIpc) is 2.76. The number of nitrogens with zero attached hydrogens (tertiary/aromatic N) is 3. The van der Waals surface area contributed by atoms with Crippen LogP contribution in [0.4, 0.5) is 5.69 Å². The predicted octanol–water partition coefficient (Wildman–Crippen LogP) is 1.96. The molecular formula is C12H13ClN4O. The number of hydrogen-bond donors (Lipinski definition) is 1. The molecule has 1 aromatic heterocycles. The lowest BCUT2D eigenvalue weighted by molar-refractivity contribution is 0.0990. The van der Waals surface area contributed by atoms with Crippen molar-refractivity contribution in [3.8, 4) is 0 Å². The molecule has 6 heteroatoms. The Morgan fingerprint density at radius 2 is 2.28 bits per heavy atom. The van der Waals surface area contributed by atoms with E-state index in [9.17, 15) is 4.79 Å². The number of hydrogen-bond acceptors (Lipinski definition) is 4. The SMILES string of the molecule is CCn1ncnc1CC(=O)c1ccc(Cl)cc1N. The predicted molar refractivity (Wildman–Crippen MR) is 69.6 cm³/mol. The fourth-order valence-electron chi connectivity index (χ4n) is 1.72. The third kappa shape index (κ3) is 2.51. The summed E-state index contributed by atoms with van der Waals surface area (Å²) in [6.45, 7) is 2.62. The van der Waals surface area contributed by atoms with Crippen LogP contribution in [-0.2, 0) is 13.0 Å². The molecular weight excluding hydrogens is 252 g/mol. The van der Waals surface area contributed by atoms with E-state index in [0.717, 1.165) is 0 Å². The Labute approximate surface area is 110 Å². The fourth-order valence-corrected chi connectivity index (χ4v) is 1.90. The molecule has 2 N–H and O–H groups in total. The lowest BCUT2D eigenvalue weighted by atomic mass is 10.1. The minimum absolute atomic E-state index is 0.0909. The van der Waals surface area contributed by atoms with Crippen molar-refractivity contribution in [2.24, 2.45) is 0 Å². The van der Waals surface area contributed by atoms with E-state index >= 15 is 0 Å². The summed E-state index contributed by atoms with van der Waals surface area (Å²) >= 11 is 5.79. The van der Waals surface area contributed by atoms with E-state index in [1.165, 1.54) is 6.33 Å². The minimum Gasteiger partial charge on any atom is -0.398 e. The maximum absolute atomic E-state index is 12.1. The van der Waals surface area contributed by atoms with Gasteiger partial charge in [-0.2, -0.15) is 5.10 Å². The Kier molecular flexibility index (Phi) is 3.62. The molecule has 94 valence electrons. The molecule has 1 heterocycles. The van der Waals surface area contributed by atoms with Gasteiger partial charge in [-0.25, -0.2) is 9.67 Å². The van der Waals surface area contributed by atoms with Gasteiger partial charge in [0.05, 0.1) is 6.42 Å². The van der Waals surface area contributed by atoms with Gasteiger partial charge in [0, 0.05) is 22.8 Å². The first-order valence-electron chi connectivity index (χ1n) is 5.56. The first-order chi connectivity index (χ1) is 8.61. The first kappa shape index (κ1) is 12.6. The maximum Gasteiger partial charge on any atom is 0.172 e. The van der Waals surface area contributed by atoms with Crippen molar-refractivity contribution in [2.75, 3.05) is 5.73 Å². The van der Waals surface area contributed by atoms with Crippen molar-refractivity contribution < 1.29 is 4.79 Å². The van der Waals surface area contributed by atoms with Gasteiger partial charge in [0.1, 0.15) is 12.2 Å². The molecule has 0 saturated carbocycles. The van der Waals surface area contributed by atoms with Gasteiger partial charge in [0.15, 0.2) is 5.78 Å². The Balaban J connectivity index is 2.22. The highest BCUT2D eigenvalue weighted by Gasteiger charge is 2.14. The third-order valence-corrected chi connectivity index (χ3v) is 2.86. The van der Waals surface area contributed by atoms with Crippen molar-refractivity contribution in [2.45, 2.75) is 19.9 Å². The standard InChI is InChI=1S/C12H13ClN4O/c1-2-17-12(15-7-16-17)6-11(18)9-4-3-8(13)5-10(9)14/h3-5,7H,2,6,14H2,1H3. The zero-order valence-corrected chi connectivity index (χ0v) is 10.7. The Bertz CT molecular complexity index is 579. The number of nitrogens with two attached hydrogens (primary N) is 1. The number of anilines is 1. The number of Topliss-reactive ketones (excluding diaryl/α,β-unsaturated/α-hetero) is 1. The number of halogens is 1. The Morgan fingerprint density at radius 1 is 1.50 bits per heavy atom. The van der Waals surface area contributed by atoms with Crippen LogP contribution in [0.3, 0.4) is 0 Å². The van der Waals surface area contributed by atoms with Gasteiger partial charge in [-0.3, -0.25) is 4.79 Å². The van der Waals surface area contributed by atoms with E-state index in [1.54, 1.807) is 22.9 Å². The van der Waals surface area contributed by atoms with Crippen LogP contribution in [0, 0.1) is 0 Å². The largest absolute Gasteiger partial charge is 0.398 e. The molecule has 0 spiro atoms. The maximum atomic E-state index is 12.1. The number of aryl methyl sites for hydroxylation is 1. The second-order valence-corrected chi connectivity index (χ2v) is 4.26. The van der Waals surface area contributed by atoms with Crippen molar-refractivity contribution in [3.05, 3.63) is 40.9 Å². The van der Waals surface area contributed by atoms with Crippen LogP contribution in [0.5, 0.6) is 0 Å². The van der Waals surface area contributed by atoms with Gasteiger partial charge in [-0.1, -0.05) is 11.6 Å². The molecule has 0 radical (unpaired) electrons. The Morgan fingerprint density at radius 3 is 2.94 bits per heavy atom. The van der Waals surface area contributed by atoms with Crippen LogP contribution in [0.2, 0.25) is 5.02 Å². The van der Waals surface area contributed by atoms with Gasteiger partial charge >= 0.3 is 0 Å². The molecule has 0 amide bonds. The van der Waals surface area contributed by atoms with E-state index < -0.39 is 0 Å². The summed E-state index contributed by atoms with van der Waals surface area (Å²) in [6, 6.07) is 4.85. The van der Waals surface area contributed by atoms with Crippen LogP contribution in [0.25, 0.3) is 0 Å². The van der Waals surface area contributed by atoms with Crippen LogP contribution in [0.1, 0.15) is 23.1 Å². The number of aromatic nitrogens is 3. The topological polar surface area (TPSA) is 73.8 Å². The summed E-state index contributed by atoms with van der Waals surface area (Å²) in [5.74, 6) is 0.545. The summed E-state index contributed by atoms with van der Waals surface area (Å²) in [6.07, 6.45) is 1.62. The average molecular weight is 265 g/mol. The van der Waals surface area contributed by atoms with E-state index in [1.807, 2.05) is 6.92 Å². The number of ketones is 1. The van der Waals surface area contributed by atoms with Crippen molar-refractivity contribution in [1.29, 1.82) is 0 Å². The van der Waals surface area contributed by atoms with Gasteiger partial charge in [0.2, 0.25) is 0 Å².